The van der Waals surface area contributed by atoms with Gasteiger partial charge in [-0.1, -0.05) is 16.8 Å². The van der Waals surface area contributed by atoms with Gasteiger partial charge in [0, 0.05) is 23.5 Å². The summed E-state index contributed by atoms with van der Waals surface area (Å²) < 4.78 is 5.42. The van der Waals surface area contributed by atoms with Crippen molar-refractivity contribution in [1.29, 1.82) is 0 Å². The fourth-order valence-corrected chi connectivity index (χ4v) is 3.64. The van der Waals surface area contributed by atoms with Crippen LogP contribution in [0.15, 0.2) is 28.8 Å². The second-order valence-corrected chi connectivity index (χ2v) is 6.70. The third kappa shape index (κ3) is 2.31. The van der Waals surface area contributed by atoms with Crippen LogP contribution < -0.4 is 0 Å². The molecule has 1 aliphatic rings. The number of aromatic amines is 1. The summed E-state index contributed by atoms with van der Waals surface area (Å²) >= 11 is 0. The number of likely N-dealkylation sites (tertiary alicyclic amines) is 1. The molecule has 0 bridgehead atoms. The van der Waals surface area contributed by atoms with Crippen molar-refractivity contribution >= 4 is 16.8 Å². The van der Waals surface area contributed by atoms with Crippen molar-refractivity contribution in [2.75, 3.05) is 6.54 Å². The van der Waals surface area contributed by atoms with Gasteiger partial charge in [-0.25, -0.2) is 0 Å². The van der Waals surface area contributed by atoms with Gasteiger partial charge in [-0.2, -0.15) is 0 Å². The second kappa shape index (κ2) is 5.51. The molecule has 5 heteroatoms. The summed E-state index contributed by atoms with van der Waals surface area (Å²) in [5.41, 5.74) is 4.74. The van der Waals surface area contributed by atoms with Gasteiger partial charge >= 0.3 is 0 Å². The van der Waals surface area contributed by atoms with Gasteiger partial charge < -0.3 is 14.4 Å². The first-order valence-electron chi connectivity index (χ1n) is 8.37. The SMILES string of the molecule is Cc1ccc2[nH]c(C(=O)N3CCC[C@H]3c3cc(C)no3)c(C)c2c1. The van der Waals surface area contributed by atoms with Crippen LogP contribution in [0, 0.1) is 20.8 Å². The molecular weight excluding hydrogens is 302 g/mol. The number of fused-ring (bicyclic) bond motifs is 1. The number of hydrogen-bond acceptors (Lipinski definition) is 3. The molecular formula is C19H21N3O2. The number of carbonyl (C=O) groups excluding carboxylic acids is 1. The number of rotatable bonds is 2. The highest BCUT2D eigenvalue weighted by Crippen LogP contribution is 2.34. The summed E-state index contributed by atoms with van der Waals surface area (Å²) in [6.45, 7) is 6.72. The van der Waals surface area contributed by atoms with Crippen LogP contribution in [0.1, 0.15) is 52.0 Å². The number of nitrogens with zero attached hydrogens (tertiary/aromatic N) is 2. The van der Waals surface area contributed by atoms with E-state index < -0.39 is 0 Å². The first-order valence-corrected chi connectivity index (χ1v) is 8.37. The van der Waals surface area contributed by atoms with E-state index >= 15 is 0 Å². The van der Waals surface area contributed by atoms with Gasteiger partial charge in [0.25, 0.3) is 5.91 Å². The minimum atomic E-state index is -0.0220. The molecule has 1 aliphatic heterocycles. The standard InChI is InChI=1S/C19H21N3O2/c1-11-6-7-15-14(9-11)13(3)18(20-15)19(23)22-8-4-5-16(22)17-10-12(2)21-24-17/h6-7,9-10,16,20H,4-5,8H2,1-3H3/t16-/m0/s1. The smallest absolute Gasteiger partial charge is 0.271 e. The van der Waals surface area contributed by atoms with Crippen molar-refractivity contribution < 1.29 is 9.32 Å². The molecule has 2 aromatic heterocycles. The zero-order valence-corrected chi connectivity index (χ0v) is 14.2. The zero-order valence-electron chi connectivity index (χ0n) is 14.2. The van der Waals surface area contributed by atoms with E-state index in [-0.39, 0.29) is 11.9 Å². The predicted molar refractivity (Wildman–Crippen MR) is 92.0 cm³/mol. The predicted octanol–water partition coefficient (Wildman–Crippen LogP) is 4.06. The van der Waals surface area contributed by atoms with E-state index in [0.29, 0.717) is 5.69 Å². The van der Waals surface area contributed by atoms with Gasteiger partial charge in [-0.15, -0.1) is 0 Å². The molecule has 1 N–H and O–H groups in total. The van der Waals surface area contributed by atoms with E-state index in [1.165, 1.54) is 5.56 Å². The summed E-state index contributed by atoms with van der Waals surface area (Å²) in [6, 6.07) is 8.13. The van der Waals surface area contributed by atoms with Crippen molar-refractivity contribution in [3.63, 3.8) is 0 Å². The second-order valence-electron chi connectivity index (χ2n) is 6.70. The largest absolute Gasteiger partial charge is 0.359 e. The van der Waals surface area contributed by atoms with Crippen LogP contribution in [0.4, 0.5) is 0 Å². The van der Waals surface area contributed by atoms with Gasteiger partial charge in [0.1, 0.15) is 5.69 Å². The Balaban J connectivity index is 1.71. The van der Waals surface area contributed by atoms with Crippen molar-refractivity contribution in [3.05, 3.63) is 52.5 Å². The van der Waals surface area contributed by atoms with E-state index in [1.54, 1.807) is 0 Å². The highest BCUT2D eigenvalue weighted by molar-refractivity contribution is 6.01. The maximum atomic E-state index is 13.1. The number of aryl methyl sites for hydroxylation is 3. The van der Waals surface area contributed by atoms with Crippen LogP contribution in [-0.2, 0) is 0 Å². The Hall–Kier alpha value is -2.56. The Morgan fingerprint density at radius 1 is 1.29 bits per heavy atom. The lowest BCUT2D eigenvalue weighted by Crippen LogP contribution is -2.31. The fraction of sp³-hybridized carbons (Fsp3) is 0.368. The first kappa shape index (κ1) is 15.0. The molecule has 4 rings (SSSR count). The lowest BCUT2D eigenvalue weighted by Gasteiger charge is -2.22. The first-order chi connectivity index (χ1) is 11.5. The molecule has 124 valence electrons. The number of hydrogen-bond donors (Lipinski definition) is 1. The molecule has 0 aliphatic carbocycles. The van der Waals surface area contributed by atoms with Gasteiger partial charge in [0.2, 0.25) is 0 Å². The highest BCUT2D eigenvalue weighted by Gasteiger charge is 2.34. The van der Waals surface area contributed by atoms with Crippen molar-refractivity contribution in [3.8, 4) is 0 Å². The number of nitrogens with one attached hydrogen (secondary N) is 1. The van der Waals surface area contributed by atoms with Crippen molar-refractivity contribution in [2.24, 2.45) is 0 Å². The molecule has 1 aromatic carbocycles. The maximum Gasteiger partial charge on any atom is 0.271 e. The lowest BCUT2D eigenvalue weighted by molar-refractivity contribution is 0.0709. The summed E-state index contributed by atoms with van der Waals surface area (Å²) in [6.07, 6.45) is 1.90. The zero-order chi connectivity index (χ0) is 16.8. The van der Waals surface area contributed by atoms with Gasteiger partial charge in [0.15, 0.2) is 5.76 Å². The Morgan fingerprint density at radius 2 is 2.12 bits per heavy atom. The molecule has 3 heterocycles. The van der Waals surface area contributed by atoms with E-state index in [2.05, 4.69) is 29.2 Å². The molecule has 1 fully saturated rings. The molecule has 5 nitrogen and oxygen atoms in total. The quantitative estimate of drug-likeness (QED) is 0.773. The normalized spacial score (nSPS) is 17.8. The molecule has 1 saturated heterocycles. The molecule has 24 heavy (non-hydrogen) atoms. The number of H-pyrrole nitrogens is 1. The fourth-order valence-electron chi connectivity index (χ4n) is 3.64. The summed E-state index contributed by atoms with van der Waals surface area (Å²) in [7, 11) is 0. The van der Waals surface area contributed by atoms with Crippen LogP contribution in [0.3, 0.4) is 0 Å². The van der Waals surface area contributed by atoms with E-state index in [0.717, 1.165) is 47.3 Å². The molecule has 1 atom stereocenters. The highest BCUT2D eigenvalue weighted by atomic mass is 16.5. The third-order valence-corrected chi connectivity index (χ3v) is 4.92. The molecule has 1 amide bonds. The Kier molecular flexibility index (Phi) is 3.44. The van der Waals surface area contributed by atoms with Crippen LogP contribution in [0.25, 0.3) is 10.9 Å². The molecule has 0 unspecified atom stereocenters. The van der Waals surface area contributed by atoms with Crippen molar-refractivity contribution in [1.82, 2.24) is 15.0 Å². The van der Waals surface area contributed by atoms with Crippen LogP contribution in [0.5, 0.6) is 0 Å². The molecule has 0 saturated carbocycles. The van der Waals surface area contributed by atoms with Gasteiger partial charge in [0.05, 0.1) is 11.7 Å². The lowest BCUT2D eigenvalue weighted by atomic mass is 10.1. The van der Waals surface area contributed by atoms with E-state index in [1.807, 2.05) is 30.9 Å². The Morgan fingerprint density at radius 3 is 2.88 bits per heavy atom. The molecule has 3 aromatic rings. The maximum absolute atomic E-state index is 13.1. The summed E-state index contributed by atoms with van der Waals surface area (Å²) in [4.78, 5) is 18.4. The summed E-state index contributed by atoms with van der Waals surface area (Å²) in [5, 5.41) is 5.08. The van der Waals surface area contributed by atoms with E-state index in [4.69, 9.17) is 4.52 Å². The topological polar surface area (TPSA) is 62.1 Å². The minimum Gasteiger partial charge on any atom is -0.359 e. The number of aromatic nitrogens is 2. The Bertz CT molecular complexity index is 922. The molecule has 0 spiro atoms. The van der Waals surface area contributed by atoms with Crippen molar-refractivity contribution in [2.45, 2.75) is 39.7 Å². The average molecular weight is 323 g/mol. The number of carbonyl (C=O) groups is 1. The van der Waals surface area contributed by atoms with Crippen LogP contribution >= 0.6 is 0 Å². The van der Waals surface area contributed by atoms with Gasteiger partial charge in [-0.3, -0.25) is 4.79 Å². The van der Waals surface area contributed by atoms with Gasteiger partial charge in [-0.05, 0) is 51.3 Å². The minimum absolute atomic E-state index is 0.0220. The third-order valence-electron chi connectivity index (χ3n) is 4.92. The average Bonchev–Trinajstić information content (AvgIpc) is 3.26. The Labute approximate surface area is 140 Å². The summed E-state index contributed by atoms with van der Waals surface area (Å²) in [5.74, 6) is 0.820. The number of benzene rings is 1. The number of amides is 1. The monoisotopic (exact) mass is 323 g/mol. The van der Waals surface area contributed by atoms with Crippen LogP contribution in [0.2, 0.25) is 0 Å². The van der Waals surface area contributed by atoms with Crippen LogP contribution in [-0.4, -0.2) is 27.5 Å². The molecule has 0 radical (unpaired) electrons. The van der Waals surface area contributed by atoms with E-state index in [9.17, 15) is 4.79 Å².